The number of benzene rings is 2. The fourth-order valence-corrected chi connectivity index (χ4v) is 2.81. The standard InChI is InChI=1S/C19H17N3O2S/c1-13-12-17(23)18(21-22(13)15-6-4-3-5-7-15)19(24)20-14-8-10-16(25-2)11-9-14/h3-12H,1-2H3,(H,20,24). The Bertz CT molecular complexity index is 951. The topological polar surface area (TPSA) is 64.0 Å². The van der Waals surface area contributed by atoms with Crippen molar-refractivity contribution in [2.75, 3.05) is 11.6 Å². The molecule has 3 rings (SSSR count). The van der Waals surface area contributed by atoms with Crippen LogP contribution >= 0.6 is 11.8 Å². The maximum atomic E-state index is 12.5. The zero-order valence-corrected chi connectivity index (χ0v) is 14.7. The average Bonchev–Trinajstić information content (AvgIpc) is 2.63. The van der Waals surface area contributed by atoms with Gasteiger partial charge in [-0.1, -0.05) is 18.2 Å². The molecule has 25 heavy (non-hydrogen) atoms. The monoisotopic (exact) mass is 351 g/mol. The summed E-state index contributed by atoms with van der Waals surface area (Å²) in [4.78, 5) is 25.8. The number of para-hydroxylation sites is 1. The van der Waals surface area contributed by atoms with Crippen molar-refractivity contribution in [3.05, 3.63) is 82.3 Å². The van der Waals surface area contributed by atoms with Crippen LogP contribution in [-0.2, 0) is 0 Å². The molecule has 5 nitrogen and oxygen atoms in total. The Hall–Kier alpha value is -2.86. The first-order valence-electron chi connectivity index (χ1n) is 7.70. The molecule has 1 amide bonds. The lowest BCUT2D eigenvalue weighted by molar-refractivity contribution is 0.101. The average molecular weight is 351 g/mol. The van der Waals surface area contributed by atoms with Gasteiger partial charge in [-0.25, -0.2) is 4.68 Å². The molecular formula is C19H17N3O2S. The number of thioether (sulfide) groups is 1. The van der Waals surface area contributed by atoms with Gasteiger partial charge in [0.2, 0.25) is 5.43 Å². The van der Waals surface area contributed by atoms with Crippen LogP contribution < -0.4 is 10.7 Å². The molecule has 3 aromatic rings. The molecule has 0 radical (unpaired) electrons. The van der Waals surface area contributed by atoms with Crippen molar-refractivity contribution in [3.8, 4) is 5.69 Å². The SMILES string of the molecule is CSc1ccc(NC(=O)c2nn(-c3ccccc3)c(C)cc2=O)cc1. The number of carbonyl (C=O) groups excluding carboxylic acids is 1. The van der Waals surface area contributed by atoms with E-state index in [1.165, 1.54) is 6.07 Å². The third-order valence-corrected chi connectivity index (χ3v) is 4.41. The molecular weight excluding hydrogens is 334 g/mol. The maximum Gasteiger partial charge on any atom is 0.280 e. The Labute approximate surface area is 149 Å². The van der Waals surface area contributed by atoms with Crippen molar-refractivity contribution in [1.29, 1.82) is 0 Å². The molecule has 0 aliphatic rings. The van der Waals surface area contributed by atoms with Gasteiger partial charge >= 0.3 is 0 Å². The highest BCUT2D eigenvalue weighted by molar-refractivity contribution is 7.98. The van der Waals surface area contributed by atoms with Crippen LogP contribution in [0.15, 0.2) is 70.4 Å². The fourth-order valence-electron chi connectivity index (χ4n) is 2.40. The summed E-state index contributed by atoms with van der Waals surface area (Å²) < 4.78 is 1.59. The van der Waals surface area contributed by atoms with Crippen molar-refractivity contribution in [2.45, 2.75) is 11.8 Å². The van der Waals surface area contributed by atoms with E-state index in [1.54, 1.807) is 35.5 Å². The van der Waals surface area contributed by atoms with Crippen LogP contribution in [0.1, 0.15) is 16.2 Å². The maximum absolute atomic E-state index is 12.5. The number of nitrogens with zero attached hydrogens (tertiary/aromatic N) is 2. The van der Waals surface area contributed by atoms with Crippen LogP contribution in [0, 0.1) is 6.92 Å². The van der Waals surface area contributed by atoms with E-state index >= 15 is 0 Å². The first-order chi connectivity index (χ1) is 12.1. The Morgan fingerprint density at radius 2 is 1.76 bits per heavy atom. The second-order valence-electron chi connectivity index (χ2n) is 5.43. The van der Waals surface area contributed by atoms with Crippen LogP contribution in [0.25, 0.3) is 5.69 Å². The number of hydrogen-bond donors (Lipinski definition) is 1. The quantitative estimate of drug-likeness (QED) is 0.731. The molecule has 0 fully saturated rings. The van der Waals surface area contributed by atoms with Gasteiger partial charge in [-0.2, -0.15) is 5.10 Å². The first-order valence-corrected chi connectivity index (χ1v) is 8.93. The predicted octanol–water partition coefficient (Wildman–Crippen LogP) is 3.52. The summed E-state index contributed by atoms with van der Waals surface area (Å²) in [6.45, 7) is 1.78. The number of aryl methyl sites for hydroxylation is 1. The smallest absolute Gasteiger partial charge is 0.280 e. The zero-order chi connectivity index (χ0) is 17.8. The second-order valence-corrected chi connectivity index (χ2v) is 6.31. The largest absolute Gasteiger partial charge is 0.320 e. The highest BCUT2D eigenvalue weighted by atomic mass is 32.2. The fraction of sp³-hybridized carbons (Fsp3) is 0.105. The lowest BCUT2D eigenvalue weighted by Crippen LogP contribution is -2.26. The number of anilines is 1. The van der Waals surface area contributed by atoms with E-state index in [9.17, 15) is 9.59 Å². The number of hydrogen-bond acceptors (Lipinski definition) is 4. The van der Waals surface area contributed by atoms with Gasteiger partial charge in [0.1, 0.15) is 0 Å². The molecule has 1 aromatic heterocycles. The molecule has 6 heteroatoms. The number of aromatic nitrogens is 2. The Morgan fingerprint density at radius 3 is 2.40 bits per heavy atom. The minimum atomic E-state index is -0.522. The van der Waals surface area contributed by atoms with E-state index in [-0.39, 0.29) is 5.69 Å². The Morgan fingerprint density at radius 1 is 1.08 bits per heavy atom. The lowest BCUT2D eigenvalue weighted by atomic mass is 10.2. The normalized spacial score (nSPS) is 10.5. The van der Waals surface area contributed by atoms with Gasteiger partial charge in [-0.05, 0) is 49.6 Å². The van der Waals surface area contributed by atoms with E-state index in [4.69, 9.17) is 0 Å². The van der Waals surface area contributed by atoms with Gasteiger partial charge in [0, 0.05) is 22.3 Å². The molecule has 0 atom stereocenters. The predicted molar refractivity (Wildman–Crippen MR) is 101 cm³/mol. The Balaban J connectivity index is 1.93. The van der Waals surface area contributed by atoms with Gasteiger partial charge in [-0.3, -0.25) is 9.59 Å². The summed E-state index contributed by atoms with van der Waals surface area (Å²) >= 11 is 1.62. The van der Waals surface area contributed by atoms with Crippen molar-refractivity contribution >= 4 is 23.4 Å². The third-order valence-electron chi connectivity index (χ3n) is 3.67. The summed E-state index contributed by atoms with van der Waals surface area (Å²) in [6.07, 6.45) is 1.98. The van der Waals surface area contributed by atoms with E-state index in [0.717, 1.165) is 10.6 Å². The van der Waals surface area contributed by atoms with E-state index in [2.05, 4.69) is 10.4 Å². The summed E-state index contributed by atoms with van der Waals surface area (Å²) in [5.74, 6) is -0.522. The minimum Gasteiger partial charge on any atom is -0.320 e. The number of nitrogens with one attached hydrogen (secondary N) is 1. The molecule has 126 valence electrons. The van der Waals surface area contributed by atoms with Crippen LogP contribution in [0.4, 0.5) is 5.69 Å². The number of amides is 1. The molecule has 0 spiro atoms. The van der Waals surface area contributed by atoms with E-state index in [1.807, 2.05) is 48.7 Å². The molecule has 0 saturated carbocycles. The molecule has 0 aliphatic heterocycles. The molecule has 1 heterocycles. The molecule has 0 saturated heterocycles. The van der Waals surface area contributed by atoms with Gasteiger partial charge in [-0.15, -0.1) is 11.8 Å². The van der Waals surface area contributed by atoms with Crippen LogP contribution in [0.3, 0.4) is 0 Å². The summed E-state index contributed by atoms with van der Waals surface area (Å²) in [5.41, 5.74) is 1.54. The zero-order valence-electron chi connectivity index (χ0n) is 13.9. The summed E-state index contributed by atoms with van der Waals surface area (Å²) in [7, 11) is 0. The van der Waals surface area contributed by atoms with E-state index < -0.39 is 11.3 Å². The van der Waals surface area contributed by atoms with Crippen molar-refractivity contribution in [1.82, 2.24) is 9.78 Å². The molecule has 0 bridgehead atoms. The highest BCUT2D eigenvalue weighted by Crippen LogP contribution is 2.17. The van der Waals surface area contributed by atoms with Gasteiger partial charge in [0.25, 0.3) is 5.91 Å². The van der Waals surface area contributed by atoms with Crippen LogP contribution in [0.5, 0.6) is 0 Å². The van der Waals surface area contributed by atoms with Gasteiger partial charge < -0.3 is 5.32 Å². The highest BCUT2D eigenvalue weighted by Gasteiger charge is 2.15. The number of rotatable bonds is 4. The second kappa shape index (κ2) is 7.36. The van der Waals surface area contributed by atoms with Gasteiger partial charge in [0.15, 0.2) is 5.69 Å². The van der Waals surface area contributed by atoms with E-state index in [0.29, 0.717) is 11.4 Å². The van der Waals surface area contributed by atoms with Crippen molar-refractivity contribution in [3.63, 3.8) is 0 Å². The van der Waals surface area contributed by atoms with Crippen LogP contribution in [0.2, 0.25) is 0 Å². The number of carbonyl (C=O) groups is 1. The molecule has 0 aliphatic carbocycles. The van der Waals surface area contributed by atoms with Crippen molar-refractivity contribution in [2.24, 2.45) is 0 Å². The lowest BCUT2D eigenvalue weighted by Gasteiger charge is -2.11. The minimum absolute atomic E-state index is 0.136. The molecule has 2 aromatic carbocycles. The summed E-state index contributed by atoms with van der Waals surface area (Å²) in [5, 5.41) is 6.98. The first kappa shape index (κ1) is 17.0. The Kier molecular flexibility index (Phi) is 5.00. The van der Waals surface area contributed by atoms with Gasteiger partial charge in [0.05, 0.1) is 5.69 Å². The summed E-state index contributed by atoms with van der Waals surface area (Å²) in [6, 6.07) is 18.2. The molecule has 1 N–H and O–H groups in total. The van der Waals surface area contributed by atoms with Crippen LogP contribution in [-0.4, -0.2) is 21.9 Å². The molecule has 0 unspecified atom stereocenters. The third kappa shape index (κ3) is 3.80. The van der Waals surface area contributed by atoms with Crippen molar-refractivity contribution < 1.29 is 4.79 Å².